The molecule has 3 aliphatic rings. The summed E-state index contributed by atoms with van der Waals surface area (Å²) in [6.07, 6.45) is 3.96. The lowest BCUT2D eigenvalue weighted by Gasteiger charge is -2.34. The number of thiophene rings is 1. The third-order valence-electron chi connectivity index (χ3n) is 6.32. The van der Waals surface area contributed by atoms with Crippen molar-refractivity contribution < 1.29 is 14.3 Å². The fraction of sp³-hybridized carbons (Fsp3) is 0.500. The Labute approximate surface area is 163 Å². The first kappa shape index (κ1) is 17.1. The van der Waals surface area contributed by atoms with Crippen molar-refractivity contribution in [3.63, 3.8) is 0 Å². The molecule has 2 aliphatic heterocycles. The van der Waals surface area contributed by atoms with E-state index in [-0.39, 0.29) is 18.6 Å². The van der Waals surface area contributed by atoms with Crippen LogP contribution in [0.15, 0.2) is 18.2 Å². The van der Waals surface area contributed by atoms with Crippen LogP contribution in [0.5, 0.6) is 11.5 Å². The summed E-state index contributed by atoms with van der Waals surface area (Å²) in [5.74, 6) is 2.49. The molecule has 2 aromatic rings. The van der Waals surface area contributed by atoms with Crippen molar-refractivity contribution in [2.45, 2.75) is 52.4 Å². The molecule has 27 heavy (non-hydrogen) atoms. The number of amides is 1. The molecule has 0 radical (unpaired) electrons. The van der Waals surface area contributed by atoms with Crippen LogP contribution in [0.4, 0.5) is 5.00 Å². The Morgan fingerprint density at radius 3 is 2.78 bits per heavy atom. The fourth-order valence-electron chi connectivity index (χ4n) is 4.69. The van der Waals surface area contributed by atoms with E-state index < -0.39 is 0 Å². The van der Waals surface area contributed by atoms with Gasteiger partial charge in [-0.25, -0.2) is 0 Å². The molecule has 1 amide bonds. The number of fused-ring (bicyclic) bond motifs is 4. The van der Waals surface area contributed by atoms with Gasteiger partial charge in [0, 0.05) is 17.2 Å². The summed E-state index contributed by atoms with van der Waals surface area (Å²) in [4.78, 5) is 13.9. The van der Waals surface area contributed by atoms with Crippen LogP contribution in [0.2, 0.25) is 0 Å². The molecule has 0 bridgehead atoms. The number of benzene rings is 1. The van der Waals surface area contributed by atoms with Gasteiger partial charge in [0.05, 0.1) is 5.00 Å². The second-order valence-corrected chi connectivity index (χ2v) is 10.1. The smallest absolute Gasteiger partial charge is 0.231 e. The Balaban J connectivity index is 1.56. The SMILES string of the molecule is CC(C)(C)C1CCc2c(sc3c2C(c2ccc4c(c2)OCO4)CC(=O)N3)C1. The van der Waals surface area contributed by atoms with Gasteiger partial charge in [0.15, 0.2) is 11.5 Å². The van der Waals surface area contributed by atoms with Gasteiger partial charge in [-0.15, -0.1) is 11.3 Å². The average Bonchev–Trinajstić information content (AvgIpc) is 3.22. The van der Waals surface area contributed by atoms with Crippen molar-refractivity contribution in [1.29, 1.82) is 0 Å². The van der Waals surface area contributed by atoms with Crippen LogP contribution in [-0.4, -0.2) is 12.7 Å². The van der Waals surface area contributed by atoms with Gasteiger partial charge in [-0.2, -0.15) is 0 Å². The fourth-order valence-corrected chi connectivity index (χ4v) is 6.10. The van der Waals surface area contributed by atoms with Crippen LogP contribution in [0.1, 0.15) is 61.1 Å². The highest BCUT2D eigenvalue weighted by atomic mass is 32.1. The van der Waals surface area contributed by atoms with Gasteiger partial charge < -0.3 is 14.8 Å². The number of nitrogens with one attached hydrogen (secondary N) is 1. The van der Waals surface area contributed by atoms with Gasteiger partial charge in [0.2, 0.25) is 12.7 Å². The summed E-state index contributed by atoms with van der Waals surface area (Å²) in [6, 6.07) is 6.12. The minimum atomic E-state index is 0.106. The number of hydrogen-bond donors (Lipinski definition) is 1. The summed E-state index contributed by atoms with van der Waals surface area (Å²) >= 11 is 1.80. The Morgan fingerprint density at radius 2 is 1.96 bits per heavy atom. The minimum Gasteiger partial charge on any atom is -0.454 e. The van der Waals surface area contributed by atoms with Crippen LogP contribution in [0.25, 0.3) is 0 Å². The van der Waals surface area contributed by atoms with E-state index in [4.69, 9.17) is 9.47 Å². The average molecular weight is 384 g/mol. The molecule has 142 valence electrons. The maximum Gasteiger partial charge on any atom is 0.231 e. The molecule has 5 rings (SSSR count). The molecule has 0 saturated heterocycles. The van der Waals surface area contributed by atoms with E-state index in [2.05, 4.69) is 38.2 Å². The monoisotopic (exact) mass is 383 g/mol. The Morgan fingerprint density at radius 1 is 1.15 bits per heavy atom. The third kappa shape index (κ3) is 2.83. The van der Waals surface area contributed by atoms with Crippen molar-refractivity contribution in [3.05, 3.63) is 39.8 Å². The van der Waals surface area contributed by atoms with Crippen LogP contribution in [-0.2, 0) is 17.6 Å². The van der Waals surface area contributed by atoms with E-state index in [9.17, 15) is 4.79 Å². The predicted octanol–water partition coefficient (Wildman–Crippen LogP) is 5.10. The number of carbonyl (C=O) groups excluding carboxylic acids is 1. The molecule has 2 unspecified atom stereocenters. The van der Waals surface area contributed by atoms with Crippen LogP contribution < -0.4 is 14.8 Å². The van der Waals surface area contributed by atoms with Gasteiger partial charge in [-0.05, 0) is 59.4 Å². The van der Waals surface area contributed by atoms with E-state index in [1.54, 1.807) is 11.3 Å². The van der Waals surface area contributed by atoms with Gasteiger partial charge >= 0.3 is 0 Å². The lowest BCUT2D eigenvalue weighted by atomic mass is 9.71. The summed E-state index contributed by atoms with van der Waals surface area (Å²) < 4.78 is 11.0. The summed E-state index contributed by atoms with van der Waals surface area (Å²) in [7, 11) is 0. The molecular weight excluding hydrogens is 358 g/mol. The molecule has 2 atom stereocenters. The lowest BCUT2D eigenvalue weighted by molar-refractivity contribution is -0.116. The maximum absolute atomic E-state index is 12.4. The standard InChI is InChI=1S/C22H25NO3S/c1-22(2,3)13-5-6-14-18(9-13)27-21-20(14)15(10-19(24)23-21)12-4-7-16-17(8-12)26-11-25-16/h4,7-8,13,15H,5-6,9-11H2,1-3H3,(H,23,24). The van der Waals surface area contributed by atoms with Crippen molar-refractivity contribution in [2.75, 3.05) is 12.1 Å². The first-order valence-corrected chi connectivity index (χ1v) is 10.6. The van der Waals surface area contributed by atoms with E-state index in [1.807, 2.05) is 6.07 Å². The molecular formula is C22H25NO3S. The lowest BCUT2D eigenvalue weighted by Crippen LogP contribution is -2.27. The third-order valence-corrected chi connectivity index (χ3v) is 7.51. The normalized spacial score (nSPS) is 23.6. The number of anilines is 1. The van der Waals surface area contributed by atoms with Crippen molar-refractivity contribution >= 4 is 22.2 Å². The second-order valence-electron chi connectivity index (χ2n) is 8.97. The first-order chi connectivity index (χ1) is 12.9. The highest BCUT2D eigenvalue weighted by molar-refractivity contribution is 7.16. The quantitative estimate of drug-likeness (QED) is 0.745. The van der Waals surface area contributed by atoms with Gasteiger partial charge in [0.25, 0.3) is 0 Å². The summed E-state index contributed by atoms with van der Waals surface area (Å²) in [6.45, 7) is 7.30. The van der Waals surface area contributed by atoms with E-state index in [1.165, 1.54) is 22.4 Å². The Hall–Kier alpha value is -2.01. The Bertz CT molecular complexity index is 924. The van der Waals surface area contributed by atoms with Crippen molar-refractivity contribution in [1.82, 2.24) is 0 Å². The zero-order valence-corrected chi connectivity index (χ0v) is 16.9. The molecule has 3 heterocycles. The molecule has 1 aromatic heterocycles. The van der Waals surface area contributed by atoms with E-state index in [0.29, 0.717) is 17.8 Å². The number of hydrogen-bond acceptors (Lipinski definition) is 4. The second kappa shape index (κ2) is 5.99. The Kier molecular flexibility index (Phi) is 3.80. The molecule has 4 nitrogen and oxygen atoms in total. The molecule has 0 spiro atoms. The maximum atomic E-state index is 12.4. The van der Waals surface area contributed by atoms with Crippen LogP contribution >= 0.6 is 11.3 Å². The zero-order chi connectivity index (χ0) is 18.8. The summed E-state index contributed by atoms with van der Waals surface area (Å²) in [5.41, 5.74) is 4.30. The van der Waals surface area contributed by atoms with Crippen LogP contribution in [0.3, 0.4) is 0 Å². The highest BCUT2D eigenvalue weighted by Crippen LogP contribution is 2.51. The molecule has 1 aliphatic carbocycles. The largest absolute Gasteiger partial charge is 0.454 e. The van der Waals surface area contributed by atoms with Crippen molar-refractivity contribution in [2.24, 2.45) is 11.3 Å². The highest BCUT2D eigenvalue weighted by Gasteiger charge is 2.37. The molecule has 5 heteroatoms. The zero-order valence-electron chi connectivity index (χ0n) is 16.1. The molecule has 0 saturated carbocycles. The van der Waals surface area contributed by atoms with Gasteiger partial charge in [-0.1, -0.05) is 26.8 Å². The minimum absolute atomic E-state index is 0.106. The number of ether oxygens (including phenoxy) is 2. The van der Waals surface area contributed by atoms with E-state index in [0.717, 1.165) is 34.9 Å². The first-order valence-electron chi connectivity index (χ1n) is 9.74. The van der Waals surface area contributed by atoms with Gasteiger partial charge in [-0.3, -0.25) is 4.79 Å². The number of rotatable bonds is 1. The van der Waals surface area contributed by atoms with Crippen LogP contribution in [0, 0.1) is 11.3 Å². The molecule has 0 fully saturated rings. The van der Waals surface area contributed by atoms with E-state index >= 15 is 0 Å². The topological polar surface area (TPSA) is 47.6 Å². The number of carbonyl (C=O) groups is 1. The molecule has 1 aromatic carbocycles. The van der Waals surface area contributed by atoms with Gasteiger partial charge in [0.1, 0.15) is 0 Å². The summed E-state index contributed by atoms with van der Waals surface area (Å²) in [5, 5.41) is 4.21. The predicted molar refractivity (Wildman–Crippen MR) is 107 cm³/mol. The molecule has 1 N–H and O–H groups in total. The van der Waals surface area contributed by atoms with Crippen molar-refractivity contribution in [3.8, 4) is 11.5 Å².